The first-order valence-corrected chi connectivity index (χ1v) is 5.68. The third-order valence-electron chi connectivity index (χ3n) is 3.07. The van der Waals surface area contributed by atoms with Crippen LogP contribution in [0.2, 0.25) is 0 Å². The summed E-state index contributed by atoms with van der Waals surface area (Å²) in [5, 5.41) is 0. The van der Waals surface area contributed by atoms with Crippen molar-refractivity contribution < 1.29 is 4.79 Å². The molecule has 1 aromatic carbocycles. The van der Waals surface area contributed by atoms with E-state index in [0.717, 1.165) is 37.0 Å². The lowest BCUT2D eigenvalue weighted by Crippen LogP contribution is -2.19. The summed E-state index contributed by atoms with van der Waals surface area (Å²) >= 11 is 0. The van der Waals surface area contributed by atoms with Crippen LogP contribution in [0, 0.1) is 0 Å². The molecule has 0 saturated carbocycles. The highest BCUT2D eigenvalue weighted by molar-refractivity contribution is 5.85. The van der Waals surface area contributed by atoms with Gasteiger partial charge in [-0.2, -0.15) is 0 Å². The summed E-state index contributed by atoms with van der Waals surface area (Å²) in [7, 11) is 0. The molecule has 80 valence electrons. The van der Waals surface area contributed by atoms with Crippen LogP contribution < -0.4 is 4.90 Å². The van der Waals surface area contributed by atoms with E-state index in [1.807, 2.05) is 6.07 Å². The molecule has 0 unspecified atom stereocenters. The van der Waals surface area contributed by atoms with Gasteiger partial charge in [-0.05, 0) is 37.0 Å². The molecule has 0 radical (unpaired) electrons. The maximum atomic E-state index is 11.0. The van der Waals surface area contributed by atoms with Crippen LogP contribution in [-0.2, 0) is 6.42 Å². The first kappa shape index (κ1) is 10.2. The lowest BCUT2D eigenvalue weighted by atomic mass is 10.1. The third kappa shape index (κ3) is 2.04. The Balaban J connectivity index is 2.33. The minimum Gasteiger partial charge on any atom is -0.371 e. The van der Waals surface area contributed by atoms with Crippen LogP contribution in [0.3, 0.4) is 0 Å². The van der Waals surface area contributed by atoms with E-state index in [9.17, 15) is 4.79 Å². The fraction of sp³-hybridized carbons (Fsp3) is 0.462. The van der Waals surface area contributed by atoms with Crippen LogP contribution in [0.1, 0.15) is 35.7 Å². The van der Waals surface area contributed by atoms with Gasteiger partial charge in [-0.25, -0.2) is 0 Å². The molecule has 0 atom stereocenters. The molecule has 1 heterocycles. The maximum absolute atomic E-state index is 11.0. The van der Waals surface area contributed by atoms with Gasteiger partial charge >= 0.3 is 0 Å². The van der Waals surface area contributed by atoms with Crippen LogP contribution in [0.15, 0.2) is 18.2 Å². The van der Waals surface area contributed by atoms with E-state index in [4.69, 9.17) is 0 Å². The second-order valence-electron chi connectivity index (χ2n) is 4.06. The zero-order chi connectivity index (χ0) is 10.7. The predicted octanol–water partition coefficient (Wildman–Crippen LogP) is 2.66. The standard InChI is InChI=1S/C13H17NO/c1-2-11-5-6-13(12(9-11)10-15)14-7-3-4-8-14/h5-6,9-10H,2-4,7-8H2,1H3. The number of aldehydes is 1. The number of aryl methyl sites for hydroxylation is 1. The Labute approximate surface area is 90.9 Å². The topological polar surface area (TPSA) is 20.3 Å². The Morgan fingerprint density at radius 1 is 1.33 bits per heavy atom. The normalized spacial score (nSPS) is 15.7. The van der Waals surface area contributed by atoms with Crippen molar-refractivity contribution in [2.45, 2.75) is 26.2 Å². The van der Waals surface area contributed by atoms with Crippen molar-refractivity contribution in [2.75, 3.05) is 18.0 Å². The Hall–Kier alpha value is -1.31. The first-order valence-electron chi connectivity index (χ1n) is 5.68. The van der Waals surface area contributed by atoms with Crippen molar-refractivity contribution in [1.82, 2.24) is 0 Å². The predicted molar refractivity (Wildman–Crippen MR) is 62.7 cm³/mol. The van der Waals surface area contributed by atoms with E-state index < -0.39 is 0 Å². The quantitative estimate of drug-likeness (QED) is 0.704. The second-order valence-corrected chi connectivity index (χ2v) is 4.06. The zero-order valence-electron chi connectivity index (χ0n) is 9.20. The molecule has 0 spiro atoms. The van der Waals surface area contributed by atoms with Gasteiger partial charge in [0.15, 0.2) is 6.29 Å². The molecule has 2 rings (SSSR count). The molecule has 2 nitrogen and oxygen atoms in total. The molecule has 1 aliphatic heterocycles. The van der Waals surface area contributed by atoms with Crippen LogP contribution >= 0.6 is 0 Å². The van der Waals surface area contributed by atoms with Crippen LogP contribution in [0.25, 0.3) is 0 Å². The van der Waals surface area contributed by atoms with Gasteiger partial charge in [0.05, 0.1) is 0 Å². The van der Waals surface area contributed by atoms with E-state index in [1.54, 1.807) is 0 Å². The second kappa shape index (κ2) is 4.47. The molecular weight excluding hydrogens is 186 g/mol. The van der Waals surface area contributed by atoms with Gasteiger partial charge in [0, 0.05) is 24.3 Å². The van der Waals surface area contributed by atoms with Gasteiger partial charge < -0.3 is 4.90 Å². The molecule has 0 amide bonds. The Bertz CT molecular complexity index is 354. The molecule has 0 aliphatic carbocycles. The van der Waals surface area contributed by atoms with Crippen molar-refractivity contribution in [1.29, 1.82) is 0 Å². The molecule has 0 bridgehead atoms. The number of rotatable bonds is 3. The van der Waals surface area contributed by atoms with Gasteiger partial charge in [-0.1, -0.05) is 13.0 Å². The fourth-order valence-corrected chi connectivity index (χ4v) is 2.16. The average Bonchev–Trinajstić information content (AvgIpc) is 2.81. The average molecular weight is 203 g/mol. The van der Waals surface area contributed by atoms with Gasteiger partial charge in [-0.15, -0.1) is 0 Å². The number of nitrogens with zero attached hydrogens (tertiary/aromatic N) is 1. The lowest BCUT2D eigenvalue weighted by Gasteiger charge is -2.19. The fourth-order valence-electron chi connectivity index (χ4n) is 2.16. The van der Waals surface area contributed by atoms with E-state index in [0.29, 0.717) is 0 Å². The van der Waals surface area contributed by atoms with Crippen molar-refractivity contribution in [3.63, 3.8) is 0 Å². The smallest absolute Gasteiger partial charge is 0.152 e. The molecule has 15 heavy (non-hydrogen) atoms. The molecule has 1 saturated heterocycles. The number of benzene rings is 1. The summed E-state index contributed by atoms with van der Waals surface area (Å²) in [5.41, 5.74) is 3.19. The summed E-state index contributed by atoms with van der Waals surface area (Å²) in [5.74, 6) is 0. The largest absolute Gasteiger partial charge is 0.371 e. The first-order chi connectivity index (χ1) is 7.35. The molecule has 1 aliphatic rings. The minimum atomic E-state index is 0.844. The molecule has 2 heteroatoms. The molecule has 1 aromatic rings. The van der Waals surface area contributed by atoms with Crippen LogP contribution in [-0.4, -0.2) is 19.4 Å². The zero-order valence-corrected chi connectivity index (χ0v) is 9.20. The Morgan fingerprint density at radius 2 is 2.07 bits per heavy atom. The van der Waals surface area contributed by atoms with E-state index in [-0.39, 0.29) is 0 Å². The van der Waals surface area contributed by atoms with E-state index >= 15 is 0 Å². The van der Waals surface area contributed by atoms with Gasteiger partial charge in [0.25, 0.3) is 0 Å². The summed E-state index contributed by atoms with van der Waals surface area (Å²) in [6, 6.07) is 6.23. The van der Waals surface area contributed by atoms with E-state index in [2.05, 4.69) is 24.0 Å². The molecule has 0 aromatic heterocycles. The third-order valence-corrected chi connectivity index (χ3v) is 3.07. The van der Waals surface area contributed by atoms with Gasteiger partial charge in [0.2, 0.25) is 0 Å². The Morgan fingerprint density at radius 3 is 2.67 bits per heavy atom. The highest BCUT2D eigenvalue weighted by Gasteiger charge is 2.15. The summed E-state index contributed by atoms with van der Waals surface area (Å²) in [6.45, 7) is 4.29. The summed E-state index contributed by atoms with van der Waals surface area (Å²) < 4.78 is 0. The lowest BCUT2D eigenvalue weighted by molar-refractivity contribution is 0.112. The van der Waals surface area contributed by atoms with Crippen LogP contribution in [0.5, 0.6) is 0 Å². The number of carbonyl (C=O) groups is 1. The monoisotopic (exact) mass is 203 g/mol. The number of hydrogen-bond acceptors (Lipinski definition) is 2. The van der Waals surface area contributed by atoms with Crippen molar-refractivity contribution >= 4 is 12.0 Å². The minimum absolute atomic E-state index is 0.844. The molecule has 0 N–H and O–H groups in total. The van der Waals surface area contributed by atoms with Crippen molar-refractivity contribution in [3.8, 4) is 0 Å². The molecular formula is C13H17NO. The van der Waals surface area contributed by atoms with Crippen LogP contribution in [0.4, 0.5) is 5.69 Å². The van der Waals surface area contributed by atoms with Crippen molar-refractivity contribution in [3.05, 3.63) is 29.3 Å². The highest BCUT2D eigenvalue weighted by atomic mass is 16.1. The Kier molecular flexibility index (Phi) is 3.05. The molecule has 1 fully saturated rings. The van der Waals surface area contributed by atoms with Gasteiger partial charge in [-0.3, -0.25) is 4.79 Å². The van der Waals surface area contributed by atoms with Crippen molar-refractivity contribution in [2.24, 2.45) is 0 Å². The van der Waals surface area contributed by atoms with Gasteiger partial charge in [0.1, 0.15) is 0 Å². The summed E-state index contributed by atoms with van der Waals surface area (Å²) in [6.07, 6.45) is 4.45. The summed E-state index contributed by atoms with van der Waals surface area (Å²) in [4.78, 5) is 13.3. The number of carbonyl (C=O) groups excluding carboxylic acids is 1. The number of anilines is 1. The SMILES string of the molecule is CCc1ccc(N2CCCC2)c(C=O)c1. The van der Waals surface area contributed by atoms with E-state index in [1.165, 1.54) is 18.4 Å². The maximum Gasteiger partial charge on any atom is 0.152 e. The highest BCUT2D eigenvalue weighted by Crippen LogP contribution is 2.24. The number of hydrogen-bond donors (Lipinski definition) is 0.